The van der Waals surface area contributed by atoms with Crippen molar-refractivity contribution in [2.45, 2.75) is 0 Å². The van der Waals surface area contributed by atoms with E-state index < -0.39 is 0 Å². The zero-order chi connectivity index (χ0) is 23.5. The monoisotopic (exact) mass is 468 g/mol. The van der Waals surface area contributed by atoms with Gasteiger partial charge in [0.2, 0.25) is 0 Å². The standard InChI is InChI=1S/C27H24N4O4/c1-30-8-10-31(11-9-30)20-15-19(28-16-6-7-21-22(14-16)34-13-12-33-21)23-24-25(20)29-35-27(24)18-5-3-2-4-17(18)26(23)32/h2-7,14-15,28H,8-13H2,1H3. The van der Waals surface area contributed by atoms with Crippen LogP contribution in [0.2, 0.25) is 0 Å². The van der Waals surface area contributed by atoms with Crippen LogP contribution in [0.25, 0.3) is 22.2 Å². The van der Waals surface area contributed by atoms with Crippen molar-refractivity contribution in [2.75, 3.05) is 56.7 Å². The maximum Gasteiger partial charge on any atom is 0.196 e. The van der Waals surface area contributed by atoms with Crippen LogP contribution in [0.4, 0.5) is 17.1 Å². The third-order valence-electron chi connectivity index (χ3n) is 7.04. The van der Waals surface area contributed by atoms with Crippen LogP contribution in [0.1, 0.15) is 15.9 Å². The molecule has 176 valence electrons. The molecule has 0 bridgehead atoms. The molecule has 7 rings (SSSR count). The number of piperazine rings is 1. The van der Waals surface area contributed by atoms with Gasteiger partial charge in [0.25, 0.3) is 0 Å². The van der Waals surface area contributed by atoms with E-state index in [9.17, 15) is 4.79 Å². The van der Waals surface area contributed by atoms with Crippen molar-refractivity contribution in [3.05, 3.63) is 59.7 Å². The van der Waals surface area contributed by atoms with Gasteiger partial charge in [-0.25, -0.2) is 0 Å². The van der Waals surface area contributed by atoms with Crippen LogP contribution in [-0.2, 0) is 0 Å². The zero-order valence-electron chi connectivity index (χ0n) is 19.3. The van der Waals surface area contributed by atoms with Crippen molar-refractivity contribution >= 4 is 33.7 Å². The molecule has 8 heteroatoms. The van der Waals surface area contributed by atoms with E-state index in [-0.39, 0.29) is 5.78 Å². The summed E-state index contributed by atoms with van der Waals surface area (Å²) in [7, 11) is 2.13. The largest absolute Gasteiger partial charge is 0.486 e. The van der Waals surface area contributed by atoms with E-state index in [1.54, 1.807) is 0 Å². The SMILES string of the molecule is CN1CCN(c2cc(Nc3ccc4c(c3)OCCO4)c3c4c(onc24)-c2ccccc2C3=O)CC1. The molecule has 8 nitrogen and oxygen atoms in total. The Morgan fingerprint density at radius 1 is 0.914 bits per heavy atom. The highest BCUT2D eigenvalue weighted by Gasteiger charge is 2.34. The van der Waals surface area contributed by atoms with Gasteiger partial charge in [-0.15, -0.1) is 0 Å². The van der Waals surface area contributed by atoms with Crippen molar-refractivity contribution in [3.8, 4) is 22.8 Å². The summed E-state index contributed by atoms with van der Waals surface area (Å²) < 4.78 is 17.3. The van der Waals surface area contributed by atoms with Gasteiger partial charge < -0.3 is 29.1 Å². The number of nitrogens with one attached hydrogen (secondary N) is 1. The summed E-state index contributed by atoms with van der Waals surface area (Å²) >= 11 is 0. The van der Waals surface area contributed by atoms with Crippen LogP contribution in [0.15, 0.2) is 53.1 Å². The minimum absolute atomic E-state index is 0.0359. The summed E-state index contributed by atoms with van der Waals surface area (Å²) in [6.45, 7) is 4.73. The maximum absolute atomic E-state index is 13.8. The number of nitrogens with zero attached hydrogens (tertiary/aromatic N) is 3. The molecule has 4 aromatic rings. The fourth-order valence-corrected chi connectivity index (χ4v) is 5.21. The molecule has 1 fully saturated rings. The number of ketones is 1. The normalized spacial score (nSPS) is 16.9. The molecule has 2 aliphatic heterocycles. The van der Waals surface area contributed by atoms with Gasteiger partial charge in [0.05, 0.1) is 22.3 Å². The summed E-state index contributed by atoms with van der Waals surface area (Å²) in [5.74, 6) is 2.03. The van der Waals surface area contributed by atoms with Gasteiger partial charge in [-0.2, -0.15) is 0 Å². The quantitative estimate of drug-likeness (QED) is 0.420. The first-order chi connectivity index (χ1) is 17.2. The number of aromatic nitrogens is 1. The Labute approximate surface area is 202 Å². The number of ether oxygens (including phenoxy) is 2. The first kappa shape index (κ1) is 20.3. The van der Waals surface area contributed by atoms with Crippen molar-refractivity contribution in [1.29, 1.82) is 0 Å². The zero-order valence-corrected chi connectivity index (χ0v) is 19.3. The Kier molecular flexibility index (Phi) is 4.50. The van der Waals surface area contributed by atoms with Crippen LogP contribution >= 0.6 is 0 Å². The summed E-state index contributed by atoms with van der Waals surface area (Å²) in [5, 5.41) is 8.75. The minimum Gasteiger partial charge on any atom is -0.486 e. The average Bonchev–Trinajstić information content (AvgIpc) is 3.33. The fraction of sp³-hybridized carbons (Fsp3) is 0.259. The molecule has 0 radical (unpaired) electrons. The molecule has 35 heavy (non-hydrogen) atoms. The first-order valence-corrected chi connectivity index (χ1v) is 11.9. The van der Waals surface area contributed by atoms with E-state index in [4.69, 9.17) is 14.0 Å². The predicted molar refractivity (Wildman–Crippen MR) is 133 cm³/mol. The molecule has 0 spiro atoms. The fourth-order valence-electron chi connectivity index (χ4n) is 5.21. The number of hydrogen-bond donors (Lipinski definition) is 1. The summed E-state index contributed by atoms with van der Waals surface area (Å²) in [4.78, 5) is 18.4. The Bertz CT molecular complexity index is 1490. The van der Waals surface area contributed by atoms with Crippen LogP contribution in [0.5, 0.6) is 11.5 Å². The second-order valence-electron chi connectivity index (χ2n) is 9.20. The Morgan fingerprint density at radius 2 is 1.69 bits per heavy atom. The van der Waals surface area contributed by atoms with Crippen molar-refractivity contribution in [1.82, 2.24) is 10.1 Å². The van der Waals surface area contributed by atoms with Crippen LogP contribution in [-0.4, -0.2) is 62.3 Å². The Hall–Kier alpha value is -4.04. The molecule has 0 atom stereocenters. The van der Waals surface area contributed by atoms with Crippen LogP contribution < -0.4 is 19.7 Å². The second-order valence-corrected chi connectivity index (χ2v) is 9.20. The molecule has 0 unspecified atom stereocenters. The van der Waals surface area contributed by atoms with E-state index in [0.29, 0.717) is 35.9 Å². The Balaban J connectivity index is 1.42. The number of carbonyl (C=O) groups excluding carboxylic acids is 1. The van der Waals surface area contributed by atoms with Gasteiger partial charge >= 0.3 is 0 Å². The number of benzene rings is 3. The molecule has 0 amide bonds. The lowest BCUT2D eigenvalue weighted by atomic mass is 9.86. The van der Waals surface area contributed by atoms with E-state index in [1.165, 1.54) is 0 Å². The number of likely N-dealkylation sites (N-methyl/N-ethyl adjacent to an activating group) is 1. The van der Waals surface area contributed by atoms with Gasteiger partial charge in [0.15, 0.2) is 23.0 Å². The number of fused-ring (bicyclic) bond motifs is 3. The van der Waals surface area contributed by atoms with E-state index >= 15 is 0 Å². The molecule has 3 aliphatic rings. The minimum atomic E-state index is -0.0359. The molecule has 1 N–H and O–H groups in total. The molecule has 3 heterocycles. The smallest absolute Gasteiger partial charge is 0.196 e. The van der Waals surface area contributed by atoms with E-state index in [0.717, 1.165) is 65.5 Å². The topological polar surface area (TPSA) is 80.1 Å². The highest BCUT2D eigenvalue weighted by molar-refractivity contribution is 6.28. The second kappa shape index (κ2) is 7.74. The molecular formula is C27H24N4O4. The summed E-state index contributed by atoms with van der Waals surface area (Å²) in [6.07, 6.45) is 0. The lowest BCUT2D eigenvalue weighted by Crippen LogP contribution is -2.44. The molecular weight excluding hydrogens is 444 g/mol. The number of hydrogen-bond acceptors (Lipinski definition) is 8. The van der Waals surface area contributed by atoms with Crippen LogP contribution in [0.3, 0.4) is 0 Å². The number of anilines is 3. The lowest BCUT2D eigenvalue weighted by molar-refractivity contribution is 0.104. The summed E-state index contributed by atoms with van der Waals surface area (Å²) in [5.41, 5.74) is 5.24. The number of carbonyl (C=O) groups is 1. The van der Waals surface area contributed by atoms with E-state index in [2.05, 4.69) is 27.3 Å². The highest BCUT2D eigenvalue weighted by atomic mass is 16.6. The van der Waals surface area contributed by atoms with Gasteiger partial charge in [-0.3, -0.25) is 4.79 Å². The average molecular weight is 469 g/mol. The maximum atomic E-state index is 13.8. The van der Waals surface area contributed by atoms with Gasteiger partial charge in [-0.1, -0.05) is 29.4 Å². The molecule has 1 aliphatic carbocycles. The summed E-state index contributed by atoms with van der Waals surface area (Å²) in [6, 6.07) is 15.4. The number of rotatable bonds is 3. The predicted octanol–water partition coefficient (Wildman–Crippen LogP) is 4.31. The van der Waals surface area contributed by atoms with Gasteiger partial charge in [0.1, 0.15) is 18.7 Å². The van der Waals surface area contributed by atoms with Crippen molar-refractivity contribution in [2.24, 2.45) is 0 Å². The Morgan fingerprint density at radius 3 is 2.51 bits per heavy atom. The third-order valence-corrected chi connectivity index (χ3v) is 7.04. The molecule has 3 aromatic carbocycles. The lowest BCUT2D eigenvalue weighted by Gasteiger charge is -2.34. The van der Waals surface area contributed by atoms with Gasteiger partial charge in [-0.05, 0) is 25.2 Å². The molecule has 1 saturated heterocycles. The molecule has 0 saturated carbocycles. The highest BCUT2D eigenvalue weighted by Crippen LogP contribution is 2.46. The third kappa shape index (κ3) is 3.17. The van der Waals surface area contributed by atoms with E-state index in [1.807, 2.05) is 48.5 Å². The van der Waals surface area contributed by atoms with Gasteiger partial charge in [0, 0.05) is 49.1 Å². The van der Waals surface area contributed by atoms with Crippen LogP contribution in [0, 0.1) is 0 Å². The van der Waals surface area contributed by atoms with Crippen molar-refractivity contribution in [3.63, 3.8) is 0 Å². The van der Waals surface area contributed by atoms with Crippen molar-refractivity contribution < 1.29 is 18.8 Å². The first-order valence-electron chi connectivity index (χ1n) is 11.9. The molecule has 1 aromatic heterocycles.